The van der Waals surface area contributed by atoms with Gasteiger partial charge in [0.05, 0.1) is 0 Å². The third-order valence-electron chi connectivity index (χ3n) is 4.03. The molecule has 0 saturated heterocycles. The average molecular weight is 237 g/mol. The van der Waals surface area contributed by atoms with Crippen LogP contribution in [0.5, 0.6) is 0 Å². The van der Waals surface area contributed by atoms with Crippen molar-refractivity contribution < 1.29 is 0 Å². The molecular formula is C17H19N. The minimum Gasteiger partial charge on any atom is -0.312 e. The predicted molar refractivity (Wildman–Crippen MR) is 75.9 cm³/mol. The van der Waals surface area contributed by atoms with Crippen LogP contribution in [0, 0.1) is 13.8 Å². The number of aryl methyl sites for hydroxylation is 2. The van der Waals surface area contributed by atoms with E-state index in [-0.39, 0.29) is 0 Å². The highest BCUT2D eigenvalue weighted by Crippen LogP contribution is 2.30. The van der Waals surface area contributed by atoms with Crippen LogP contribution in [0.3, 0.4) is 0 Å². The highest BCUT2D eigenvalue weighted by molar-refractivity contribution is 5.42. The Hall–Kier alpha value is -1.60. The molecule has 0 fully saturated rings. The van der Waals surface area contributed by atoms with Crippen molar-refractivity contribution in [3.63, 3.8) is 0 Å². The van der Waals surface area contributed by atoms with Gasteiger partial charge in [-0.05, 0) is 41.7 Å². The van der Waals surface area contributed by atoms with Gasteiger partial charge >= 0.3 is 0 Å². The van der Waals surface area contributed by atoms with Crippen LogP contribution < -0.4 is 5.32 Å². The lowest BCUT2D eigenvalue weighted by molar-refractivity contribution is 0.591. The van der Waals surface area contributed by atoms with Gasteiger partial charge in [-0.25, -0.2) is 0 Å². The molecule has 1 heteroatoms. The Morgan fingerprint density at radius 1 is 1.00 bits per heavy atom. The third-order valence-corrected chi connectivity index (χ3v) is 4.03. The Kier molecular flexibility index (Phi) is 2.92. The summed E-state index contributed by atoms with van der Waals surface area (Å²) in [6.45, 7) is 6.41. The second-order valence-corrected chi connectivity index (χ2v) is 5.23. The fourth-order valence-corrected chi connectivity index (χ4v) is 2.78. The van der Waals surface area contributed by atoms with E-state index in [1.165, 1.54) is 27.8 Å². The van der Waals surface area contributed by atoms with E-state index in [2.05, 4.69) is 61.6 Å². The zero-order valence-electron chi connectivity index (χ0n) is 11.0. The van der Waals surface area contributed by atoms with Crippen molar-refractivity contribution in [2.75, 3.05) is 6.54 Å². The van der Waals surface area contributed by atoms with Crippen molar-refractivity contribution in [2.45, 2.75) is 26.3 Å². The topological polar surface area (TPSA) is 12.0 Å². The molecule has 1 aliphatic rings. The van der Waals surface area contributed by atoms with Gasteiger partial charge in [0.15, 0.2) is 0 Å². The van der Waals surface area contributed by atoms with E-state index in [9.17, 15) is 0 Å². The van der Waals surface area contributed by atoms with Gasteiger partial charge in [0.1, 0.15) is 0 Å². The highest BCUT2D eigenvalue weighted by atomic mass is 14.9. The molecule has 2 aromatic carbocycles. The number of rotatable bonds is 1. The summed E-state index contributed by atoms with van der Waals surface area (Å²) >= 11 is 0. The van der Waals surface area contributed by atoms with E-state index in [1.807, 2.05) is 0 Å². The van der Waals surface area contributed by atoms with Gasteiger partial charge in [0.25, 0.3) is 0 Å². The number of nitrogens with one attached hydrogen (secondary N) is 1. The predicted octanol–water partition coefficient (Wildman–Crippen LogP) is 3.54. The smallest absolute Gasteiger partial charge is 0.0218 e. The second-order valence-electron chi connectivity index (χ2n) is 5.23. The largest absolute Gasteiger partial charge is 0.312 e. The van der Waals surface area contributed by atoms with Crippen LogP contribution >= 0.6 is 0 Å². The Balaban J connectivity index is 2.05. The molecule has 0 radical (unpaired) electrons. The van der Waals surface area contributed by atoms with Crippen molar-refractivity contribution in [3.05, 3.63) is 70.3 Å². The van der Waals surface area contributed by atoms with Crippen molar-refractivity contribution in [1.82, 2.24) is 5.32 Å². The SMILES string of the molecule is Cc1ccc(C2CNCc3ccccc32)cc1C. The van der Waals surface area contributed by atoms with Crippen LogP contribution in [0.15, 0.2) is 42.5 Å². The number of hydrogen-bond donors (Lipinski definition) is 1. The zero-order valence-corrected chi connectivity index (χ0v) is 11.0. The highest BCUT2D eigenvalue weighted by Gasteiger charge is 2.20. The van der Waals surface area contributed by atoms with E-state index >= 15 is 0 Å². The van der Waals surface area contributed by atoms with E-state index < -0.39 is 0 Å². The number of hydrogen-bond acceptors (Lipinski definition) is 1. The molecule has 0 bridgehead atoms. The Morgan fingerprint density at radius 2 is 1.83 bits per heavy atom. The van der Waals surface area contributed by atoms with Crippen LogP contribution in [0.25, 0.3) is 0 Å². The van der Waals surface area contributed by atoms with Crippen molar-refractivity contribution in [1.29, 1.82) is 0 Å². The first kappa shape index (κ1) is 11.5. The van der Waals surface area contributed by atoms with Crippen molar-refractivity contribution in [3.8, 4) is 0 Å². The van der Waals surface area contributed by atoms with Gasteiger partial charge in [-0.15, -0.1) is 0 Å². The van der Waals surface area contributed by atoms with Gasteiger partial charge in [-0.3, -0.25) is 0 Å². The van der Waals surface area contributed by atoms with Crippen LogP contribution in [0.1, 0.15) is 33.7 Å². The molecule has 3 rings (SSSR count). The van der Waals surface area contributed by atoms with Crippen molar-refractivity contribution in [2.24, 2.45) is 0 Å². The maximum Gasteiger partial charge on any atom is 0.0218 e. The third kappa shape index (κ3) is 1.95. The quantitative estimate of drug-likeness (QED) is 0.800. The second kappa shape index (κ2) is 4.58. The van der Waals surface area contributed by atoms with E-state index in [0.29, 0.717) is 5.92 Å². The summed E-state index contributed by atoms with van der Waals surface area (Å²) < 4.78 is 0. The maximum atomic E-state index is 3.52. The Labute approximate surface area is 109 Å². The summed E-state index contributed by atoms with van der Waals surface area (Å²) in [5, 5.41) is 3.52. The molecule has 2 aromatic rings. The lowest BCUT2D eigenvalue weighted by Crippen LogP contribution is -2.28. The van der Waals surface area contributed by atoms with E-state index in [0.717, 1.165) is 13.1 Å². The molecule has 1 atom stereocenters. The van der Waals surface area contributed by atoms with Crippen molar-refractivity contribution >= 4 is 0 Å². The molecule has 18 heavy (non-hydrogen) atoms. The molecule has 1 unspecified atom stereocenters. The van der Waals surface area contributed by atoms with Crippen LogP contribution in [-0.4, -0.2) is 6.54 Å². The van der Waals surface area contributed by atoms with Gasteiger partial charge in [-0.2, -0.15) is 0 Å². The Bertz CT molecular complexity index is 572. The molecule has 0 aliphatic carbocycles. The lowest BCUT2D eigenvalue weighted by Gasteiger charge is -2.27. The maximum absolute atomic E-state index is 3.52. The Morgan fingerprint density at radius 3 is 2.67 bits per heavy atom. The number of fused-ring (bicyclic) bond motifs is 1. The summed E-state index contributed by atoms with van der Waals surface area (Å²) in [4.78, 5) is 0. The van der Waals surface area contributed by atoms with E-state index in [4.69, 9.17) is 0 Å². The fourth-order valence-electron chi connectivity index (χ4n) is 2.78. The molecule has 0 amide bonds. The van der Waals surface area contributed by atoms with E-state index in [1.54, 1.807) is 0 Å². The van der Waals surface area contributed by atoms with Crippen LogP contribution in [-0.2, 0) is 6.54 Å². The molecule has 0 aromatic heterocycles. The summed E-state index contributed by atoms with van der Waals surface area (Å²) in [7, 11) is 0. The fraction of sp³-hybridized carbons (Fsp3) is 0.294. The van der Waals surface area contributed by atoms with Crippen LogP contribution in [0.4, 0.5) is 0 Å². The first-order valence-corrected chi connectivity index (χ1v) is 6.61. The lowest BCUT2D eigenvalue weighted by atomic mass is 9.84. The average Bonchev–Trinajstić information content (AvgIpc) is 2.41. The molecule has 0 spiro atoms. The summed E-state index contributed by atoms with van der Waals surface area (Å²) in [5.41, 5.74) is 7.11. The van der Waals surface area contributed by atoms with Gasteiger partial charge in [0, 0.05) is 19.0 Å². The van der Waals surface area contributed by atoms with Gasteiger partial charge in [0.2, 0.25) is 0 Å². The summed E-state index contributed by atoms with van der Waals surface area (Å²) in [6, 6.07) is 15.6. The summed E-state index contributed by atoms with van der Waals surface area (Å²) in [5.74, 6) is 0.495. The minimum atomic E-state index is 0.495. The monoisotopic (exact) mass is 237 g/mol. The first-order chi connectivity index (χ1) is 8.75. The molecule has 1 aliphatic heterocycles. The first-order valence-electron chi connectivity index (χ1n) is 6.61. The molecule has 0 saturated carbocycles. The minimum absolute atomic E-state index is 0.495. The normalized spacial score (nSPS) is 18.4. The molecule has 1 heterocycles. The van der Waals surface area contributed by atoms with Crippen LogP contribution in [0.2, 0.25) is 0 Å². The number of benzene rings is 2. The molecule has 1 N–H and O–H groups in total. The molecule has 92 valence electrons. The van der Waals surface area contributed by atoms with Gasteiger partial charge in [-0.1, -0.05) is 42.5 Å². The molecular weight excluding hydrogens is 218 g/mol. The standard InChI is InChI=1S/C17H19N/c1-12-7-8-14(9-13(12)2)17-11-18-10-15-5-3-4-6-16(15)17/h3-9,17-18H,10-11H2,1-2H3. The summed E-state index contributed by atoms with van der Waals surface area (Å²) in [6.07, 6.45) is 0. The van der Waals surface area contributed by atoms with Gasteiger partial charge < -0.3 is 5.32 Å². The zero-order chi connectivity index (χ0) is 12.5. The molecule has 1 nitrogen and oxygen atoms in total.